The second-order valence-electron chi connectivity index (χ2n) is 5.85. The molecule has 0 aliphatic heterocycles. The summed E-state index contributed by atoms with van der Waals surface area (Å²) in [6, 6.07) is 13.6. The summed E-state index contributed by atoms with van der Waals surface area (Å²) in [5.74, 6) is -0.112. The van der Waals surface area contributed by atoms with Crippen molar-refractivity contribution < 1.29 is 14.1 Å². The van der Waals surface area contributed by atoms with E-state index < -0.39 is 10.8 Å². The van der Waals surface area contributed by atoms with Gasteiger partial charge < -0.3 is 9.73 Å². The molecule has 1 heterocycles. The third kappa shape index (κ3) is 4.63. The zero-order chi connectivity index (χ0) is 21.8. The van der Waals surface area contributed by atoms with E-state index in [4.69, 9.17) is 39.2 Å². The average Bonchev–Trinajstić information content (AvgIpc) is 3.17. The molecule has 1 amide bonds. The van der Waals surface area contributed by atoms with Crippen molar-refractivity contribution >= 4 is 58.2 Å². The summed E-state index contributed by atoms with van der Waals surface area (Å²) in [5, 5.41) is 23.2. The number of benzene rings is 2. The van der Waals surface area contributed by atoms with Gasteiger partial charge in [-0.05, 0) is 30.3 Å². The highest BCUT2D eigenvalue weighted by Gasteiger charge is 2.16. The van der Waals surface area contributed by atoms with Crippen LogP contribution in [0.25, 0.3) is 17.4 Å². The summed E-state index contributed by atoms with van der Waals surface area (Å²) >= 11 is 18.1. The van der Waals surface area contributed by atoms with Gasteiger partial charge in [-0.2, -0.15) is 5.26 Å². The van der Waals surface area contributed by atoms with Crippen molar-refractivity contribution in [1.82, 2.24) is 0 Å². The number of furan rings is 1. The second-order valence-corrected chi connectivity index (χ2v) is 7.04. The van der Waals surface area contributed by atoms with Crippen LogP contribution in [0.4, 0.5) is 11.4 Å². The van der Waals surface area contributed by atoms with E-state index in [1.165, 1.54) is 18.2 Å². The van der Waals surface area contributed by atoms with Crippen molar-refractivity contribution in [2.24, 2.45) is 0 Å². The SMILES string of the molecule is N#CC(=Cc1ccc(-c2cccc(Cl)c2Cl)o1)C(=O)Nc1ccc([N+](=O)[O-])cc1Cl. The quantitative estimate of drug-likeness (QED) is 0.205. The van der Waals surface area contributed by atoms with E-state index >= 15 is 0 Å². The van der Waals surface area contributed by atoms with Crippen LogP contribution < -0.4 is 5.32 Å². The van der Waals surface area contributed by atoms with Gasteiger partial charge in [0.25, 0.3) is 11.6 Å². The average molecular weight is 463 g/mol. The van der Waals surface area contributed by atoms with Crippen molar-refractivity contribution in [1.29, 1.82) is 5.26 Å². The molecule has 150 valence electrons. The molecular weight excluding hydrogens is 453 g/mol. The van der Waals surface area contributed by atoms with E-state index in [2.05, 4.69) is 5.32 Å². The fourth-order valence-electron chi connectivity index (χ4n) is 2.47. The lowest BCUT2D eigenvalue weighted by Gasteiger charge is -2.06. The fraction of sp³-hybridized carbons (Fsp3) is 0. The molecule has 30 heavy (non-hydrogen) atoms. The summed E-state index contributed by atoms with van der Waals surface area (Å²) in [6.45, 7) is 0. The van der Waals surface area contributed by atoms with Crippen LogP contribution in [0.1, 0.15) is 5.76 Å². The Balaban J connectivity index is 1.83. The number of nitro groups is 1. The first-order valence-electron chi connectivity index (χ1n) is 8.21. The van der Waals surface area contributed by atoms with Crippen LogP contribution in [0.5, 0.6) is 0 Å². The molecule has 0 saturated heterocycles. The molecule has 0 radical (unpaired) electrons. The molecule has 0 saturated carbocycles. The maximum Gasteiger partial charge on any atom is 0.271 e. The molecule has 0 spiro atoms. The number of nitro benzene ring substituents is 1. The lowest BCUT2D eigenvalue weighted by atomic mass is 10.2. The number of amides is 1. The number of hydrogen-bond donors (Lipinski definition) is 1. The second kappa shape index (κ2) is 9.01. The molecular formula is C20H10Cl3N3O4. The Bertz CT molecular complexity index is 1230. The maximum absolute atomic E-state index is 12.4. The minimum Gasteiger partial charge on any atom is -0.457 e. The third-order valence-corrected chi connectivity index (χ3v) is 5.04. The highest BCUT2D eigenvalue weighted by Crippen LogP contribution is 2.34. The molecule has 0 aliphatic rings. The molecule has 1 aromatic heterocycles. The van der Waals surface area contributed by atoms with Gasteiger partial charge in [0.15, 0.2) is 0 Å². The molecule has 0 aliphatic carbocycles. The van der Waals surface area contributed by atoms with Crippen LogP contribution in [-0.2, 0) is 4.79 Å². The number of nitrogens with one attached hydrogen (secondary N) is 1. The first-order chi connectivity index (χ1) is 14.3. The monoisotopic (exact) mass is 461 g/mol. The summed E-state index contributed by atoms with van der Waals surface area (Å²) in [6.07, 6.45) is 1.25. The highest BCUT2D eigenvalue weighted by molar-refractivity contribution is 6.43. The van der Waals surface area contributed by atoms with Gasteiger partial charge in [-0.3, -0.25) is 14.9 Å². The molecule has 0 unspecified atom stereocenters. The van der Waals surface area contributed by atoms with Gasteiger partial charge in [0, 0.05) is 23.8 Å². The number of carbonyl (C=O) groups is 1. The Morgan fingerprint density at radius 3 is 2.57 bits per heavy atom. The molecule has 0 atom stereocenters. The zero-order valence-corrected chi connectivity index (χ0v) is 17.1. The predicted octanol–water partition coefficient (Wildman–Crippen LogP) is 6.36. The maximum atomic E-state index is 12.4. The minimum atomic E-state index is -0.757. The summed E-state index contributed by atoms with van der Waals surface area (Å²) in [4.78, 5) is 22.6. The molecule has 0 bridgehead atoms. The van der Waals surface area contributed by atoms with Crippen LogP contribution in [0.3, 0.4) is 0 Å². The van der Waals surface area contributed by atoms with Gasteiger partial charge in [-0.1, -0.05) is 40.9 Å². The number of carbonyl (C=O) groups excluding carboxylic acids is 1. The van der Waals surface area contributed by atoms with Gasteiger partial charge in [0.1, 0.15) is 23.2 Å². The molecule has 7 nitrogen and oxygen atoms in total. The van der Waals surface area contributed by atoms with Crippen LogP contribution >= 0.6 is 34.8 Å². The molecule has 1 N–H and O–H groups in total. The van der Waals surface area contributed by atoms with Crippen LogP contribution in [-0.4, -0.2) is 10.8 Å². The van der Waals surface area contributed by atoms with E-state index in [9.17, 15) is 20.2 Å². The number of hydrogen-bond acceptors (Lipinski definition) is 5. The van der Waals surface area contributed by atoms with Gasteiger partial charge in [0.05, 0.1) is 25.7 Å². The Labute approximate surface area is 185 Å². The van der Waals surface area contributed by atoms with Crippen LogP contribution in [0.2, 0.25) is 15.1 Å². The van der Waals surface area contributed by atoms with E-state index in [0.717, 1.165) is 6.07 Å². The van der Waals surface area contributed by atoms with Crippen molar-refractivity contribution in [2.45, 2.75) is 0 Å². The number of rotatable bonds is 5. The van der Waals surface area contributed by atoms with E-state index in [1.807, 2.05) is 0 Å². The number of anilines is 1. The molecule has 0 fully saturated rings. The lowest BCUT2D eigenvalue weighted by Crippen LogP contribution is -2.13. The standard InChI is InChI=1S/C20H10Cl3N3O4/c21-15-3-1-2-14(19(15)23)18-7-5-13(30-18)8-11(10-24)20(27)25-17-6-4-12(26(28)29)9-16(17)22/h1-9H,(H,25,27). The van der Waals surface area contributed by atoms with E-state index in [1.54, 1.807) is 36.4 Å². The summed E-state index contributed by atoms with van der Waals surface area (Å²) in [5.41, 5.74) is 0.197. The number of non-ortho nitro benzene ring substituents is 1. The van der Waals surface area contributed by atoms with Gasteiger partial charge >= 0.3 is 0 Å². The van der Waals surface area contributed by atoms with Crippen LogP contribution in [0.15, 0.2) is 58.5 Å². The fourth-order valence-corrected chi connectivity index (χ4v) is 3.08. The highest BCUT2D eigenvalue weighted by atomic mass is 35.5. The van der Waals surface area contributed by atoms with Crippen LogP contribution in [0, 0.1) is 21.4 Å². The number of nitriles is 1. The Morgan fingerprint density at radius 2 is 1.90 bits per heavy atom. The van der Waals surface area contributed by atoms with Crippen molar-refractivity contribution in [3.63, 3.8) is 0 Å². The largest absolute Gasteiger partial charge is 0.457 e. The molecule has 2 aromatic carbocycles. The minimum absolute atomic E-state index is 0.0364. The van der Waals surface area contributed by atoms with E-state index in [0.29, 0.717) is 21.4 Å². The molecule has 10 heteroatoms. The smallest absolute Gasteiger partial charge is 0.271 e. The van der Waals surface area contributed by atoms with Crippen molar-refractivity contribution in [2.75, 3.05) is 5.32 Å². The molecule has 3 aromatic rings. The Morgan fingerprint density at radius 1 is 1.13 bits per heavy atom. The van der Waals surface area contributed by atoms with Crippen molar-refractivity contribution in [3.8, 4) is 17.4 Å². The number of halogens is 3. The van der Waals surface area contributed by atoms with Crippen molar-refractivity contribution in [3.05, 3.63) is 85.0 Å². The van der Waals surface area contributed by atoms with Gasteiger partial charge in [-0.15, -0.1) is 0 Å². The molecule has 3 rings (SSSR count). The first kappa shape index (κ1) is 21.4. The lowest BCUT2D eigenvalue weighted by molar-refractivity contribution is -0.384. The topological polar surface area (TPSA) is 109 Å². The normalized spacial score (nSPS) is 11.1. The zero-order valence-electron chi connectivity index (χ0n) is 14.9. The third-order valence-electron chi connectivity index (χ3n) is 3.91. The summed E-state index contributed by atoms with van der Waals surface area (Å²) in [7, 11) is 0. The summed E-state index contributed by atoms with van der Waals surface area (Å²) < 4.78 is 5.65. The predicted molar refractivity (Wildman–Crippen MR) is 114 cm³/mol. The van der Waals surface area contributed by atoms with E-state index in [-0.39, 0.29) is 27.7 Å². The van der Waals surface area contributed by atoms with Gasteiger partial charge in [-0.25, -0.2) is 0 Å². The van der Waals surface area contributed by atoms with Gasteiger partial charge in [0.2, 0.25) is 0 Å². The Hall–Kier alpha value is -3.31. The Kier molecular flexibility index (Phi) is 6.43. The number of nitrogens with zero attached hydrogens (tertiary/aromatic N) is 2. The first-order valence-corrected chi connectivity index (χ1v) is 9.35.